The normalized spacial score (nSPS) is 12.0. The zero-order valence-electron chi connectivity index (χ0n) is 16.8. The summed E-state index contributed by atoms with van der Waals surface area (Å²) < 4.78 is 5.37. The van der Waals surface area contributed by atoms with Gasteiger partial charge < -0.3 is 15.5 Å². The number of nitrogens with one attached hydrogen (secondary N) is 1. The Kier molecular flexibility index (Phi) is 4.49. The summed E-state index contributed by atoms with van der Waals surface area (Å²) in [5.41, 5.74) is 12.2. The molecule has 3 aromatic carbocycles. The van der Waals surface area contributed by atoms with Crippen molar-refractivity contribution < 1.29 is 4.42 Å². The van der Waals surface area contributed by atoms with E-state index in [0.29, 0.717) is 16.7 Å². The van der Waals surface area contributed by atoms with Gasteiger partial charge in [-0.25, -0.2) is 0 Å². The number of nitrogens with two attached hydrogens (primary N) is 1. The summed E-state index contributed by atoms with van der Waals surface area (Å²) in [4.78, 5) is 8.70. The molecule has 0 saturated heterocycles. The highest BCUT2D eigenvalue weighted by atomic mass is 16.4. The molecule has 5 rings (SSSR count). The van der Waals surface area contributed by atoms with Gasteiger partial charge in [0, 0.05) is 17.6 Å². The van der Waals surface area contributed by atoms with Crippen LogP contribution < -0.4 is 11.1 Å². The molecule has 2 heterocycles. The van der Waals surface area contributed by atoms with E-state index in [1.807, 2.05) is 54.6 Å². The fraction of sp³-hybridized carbons (Fsp3) is 0.0800. The number of rotatable bonds is 4. The maximum absolute atomic E-state index is 9.71. The fourth-order valence-electron chi connectivity index (χ4n) is 3.78. The predicted octanol–water partition coefficient (Wildman–Crippen LogP) is 5.67. The molecule has 1 unspecified atom stereocenters. The molecule has 0 bridgehead atoms. The number of benzene rings is 3. The van der Waals surface area contributed by atoms with E-state index < -0.39 is 0 Å². The summed E-state index contributed by atoms with van der Waals surface area (Å²) >= 11 is 0. The smallest absolute Gasteiger partial charge is 0.292 e. The summed E-state index contributed by atoms with van der Waals surface area (Å²) in [6.07, 6.45) is 1.62. The molecule has 0 radical (unpaired) electrons. The van der Waals surface area contributed by atoms with Crippen LogP contribution in [0.4, 0.5) is 11.7 Å². The third-order valence-corrected chi connectivity index (χ3v) is 5.39. The quantitative estimate of drug-likeness (QED) is 0.399. The summed E-state index contributed by atoms with van der Waals surface area (Å²) in [5.74, 6) is 0. The summed E-state index contributed by atoms with van der Waals surface area (Å²) in [6.45, 7) is 2.08. The minimum Gasteiger partial charge on any atom is -0.424 e. The third-order valence-electron chi connectivity index (χ3n) is 5.39. The SMILES string of the molecule is CC(Nc1c(C#N)cnc2ccc(-c3ccc4oc(N)nc4c3)cc12)c1ccccc1. The van der Waals surface area contributed by atoms with E-state index in [9.17, 15) is 5.26 Å². The van der Waals surface area contributed by atoms with E-state index in [-0.39, 0.29) is 12.1 Å². The van der Waals surface area contributed by atoms with Crippen LogP contribution >= 0.6 is 0 Å². The molecule has 5 aromatic rings. The van der Waals surface area contributed by atoms with Crippen LogP contribution in [0.25, 0.3) is 33.1 Å². The van der Waals surface area contributed by atoms with Crippen LogP contribution in [0.3, 0.4) is 0 Å². The van der Waals surface area contributed by atoms with Gasteiger partial charge in [-0.1, -0.05) is 42.5 Å². The van der Waals surface area contributed by atoms with Crippen molar-refractivity contribution in [1.29, 1.82) is 5.26 Å². The lowest BCUT2D eigenvalue weighted by atomic mass is 10.00. The van der Waals surface area contributed by atoms with Crippen LogP contribution in [0.1, 0.15) is 24.1 Å². The van der Waals surface area contributed by atoms with Crippen molar-refractivity contribution in [1.82, 2.24) is 9.97 Å². The number of hydrogen-bond acceptors (Lipinski definition) is 6. The second kappa shape index (κ2) is 7.47. The summed E-state index contributed by atoms with van der Waals surface area (Å²) in [7, 11) is 0. The van der Waals surface area contributed by atoms with E-state index in [1.165, 1.54) is 0 Å². The van der Waals surface area contributed by atoms with Crippen LogP contribution in [0.15, 0.2) is 77.3 Å². The Morgan fingerprint density at radius 2 is 1.77 bits per heavy atom. The average molecular weight is 405 g/mol. The molecule has 0 aliphatic carbocycles. The average Bonchev–Trinajstić information content (AvgIpc) is 3.18. The first-order valence-electron chi connectivity index (χ1n) is 9.93. The van der Waals surface area contributed by atoms with Gasteiger partial charge in [0.2, 0.25) is 0 Å². The van der Waals surface area contributed by atoms with Gasteiger partial charge in [-0.05, 0) is 47.9 Å². The highest BCUT2D eigenvalue weighted by molar-refractivity contribution is 5.97. The minimum absolute atomic E-state index is 0.0250. The Balaban J connectivity index is 1.62. The van der Waals surface area contributed by atoms with Crippen LogP contribution in [-0.2, 0) is 0 Å². The molecule has 150 valence electrons. The lowest BCUT2D eigenvalue weighted by Crippen LogP contribution is -2.08. The Hall–Kier alpha value is -4.37. The van der Waals surface area contributed by atoms with Crippen molar-refractivity contribution in [3.8, 4) is 17.2 Å². The van der Waals surface area contributed by atoms with Crippen molar-refractivity contribution >= 4 is 33.7 Å². The maximum Gasteiger partial charge on any atom is 0.292 e. The standard InChI is InChI=1S/C25H19N5O/c1-15(16-5-3-2-4-6-16)29-24-19(13-26)14-28-21-9-7-17(11-20(21)24)18-8-10-23-22(12-18)30-25(27)31-23/h2-12,14-15H,1H3,(H2,27,30)(H,28,29). The van der Waals surface area contributed by atoms with Crippen LogP contribution in [0.2, 0.25) is 0 Å². The molecule has 0 aliphatic rings. The molecule has 0 saturated carbocycles. The van der Waals surface area contributed by atoms with Crippen molar-refractivity contribution in [2.45, 2.75) is 13.0 Å². The number of anilines is 2. The topological polar surface area (TPSA) is 101 Å². The first kappa shape index (κ1) is 18.6. The zero-order valence-corrected chi connectivity index (χ0v) is 16.8. The van der Waals surface area contributed by atoms with Crippen LogP contribution in [0, 0.1) is 11.3 Å². The number of pyridine rings is 1. The van der Waals surface area contributed by atoms with E-state index in [0.717, 1.165) is 33.3 Å². The van der Waals surface area contributed by atoms with Gasteiger partial charge in [-0.2, -0.15) is 10.2 Å². The number of hydrogen-bond donors (Lipinski definition) is 2. The van der Waals surface area contributed by atoms with E-state index in [2.05, 4.69) is 40.4 Å². The molecule has 31 heavy (non-hydrogen) atoms. The lowest BCUT2D eigenvalue weighted by molar-refractivity contribution is 0.626. The zero-order chi connectivity index (χ0) is 21.4. The van der Waals surface area contributed by atoms with E-state index in [1.54, 1.807) is 6.20 Å². The molecule has 0 spiro atoms. The van der Waals surface area contributed by atoms with Crippen molar-refractivity contribution in [3.05, 3.63) is 84.1 Å². The van der Waals surface area contributed by atoms with Gasteiger partial charge in [0.25, 0.3) is 6.01 Å². The maximum atomic E-state index is 9.71. The molecule has 0 aliphatic heterocycles. The van der Waals surface area contributed by atoms with Crippen LogP contribution in [-0.4, -0.2) is 9.97 Å². The second-order valence-corrected chi connectivity index (χ2v) is 7.40. The van der Waals surface area contributed by atoms with Gasteiger partial charge >= 0.3 is 0 Å². The van der Waals surface area contributed by atoms with E-state index >= 15 is 0 Å². The summed E-state index contributed by atoms with van der Waals surface area (Å²) in [5, 5.41) is 14.1. The number of nitrogen functional groups attached to an aromatic ring is 1. The third kappa shape index (κ3) is 3.43. The molecule has 6 heteroatoms. The number of aromatic nitrogens is 2. The largest absolute Gasteiger partial charge is 0.424 e. The fourth-order valence-corrected chi connectivity index (χ4v) is 3.78. The number of nitrogens with zero attached hydrogens (tertiary/aromatic N) is 3. The highest BCUT2D eigenvalue weighted by Crippen LogP contribution is 2.33. The van der Waals surface area contributed by atoms with Crippen molar-refractivity contribution in [3.63, 3.8) is 0 Å². The second-order valence-electron chi connectivity index (χ2n) is 7.40. The molecular formula is C25H19N5O. The Labute approximate surface area is 179 Å². The molecule has 6 nitrogen and oxygen atoms in total. The van der Waals surface area contributed by atoms with Gasteiger partial charge in [-0.3, -0.25) is 4.98 Å². The molecule has 0 amide bonds. The monoisotopic (exact) mass is 405 g/mol. The Morgan fingerprint density at radius 1 is 1.00 bits per heavy atom. The molecular weight excluding hydrogens is 386 g/mol. The van der Waals surface area contributed by atoms with Gasteiger partial charge in [0.15, 0.2) is 5.58 Å². The Bertz CT molecular complexity index is 1450. The molecule has 0 fully saturated rings. The number of nitriles is 1. The molecule has 3 N–H and O–H groups in total. The number of fused-ring (bicyclic) bond motifs is 2. The van der Waals surface area contributed by atoms with E-state index in [4.69, 9.17) is 10.2 Å². The van der Waals surface area contributed by atoms with Gasteiger partial charge in [0.1, 0.15) is 11.6 Å². The van der Waals surface area contributed by atoms with Crippen molar-refractivity contribution in [2.24, 2.45) is 0 Å². The first-order valence-corrected chi connectivity index (χ1v) is 9.93. The van der Waals surface area contributed by atoms with Crippen LogP contribution in [0.5, 0.6) is 0 Å². The first-order chi connectivity index (χ1) is 15.1. The number of oxazole rings is 1. The Morgan fingerprint density at radius 3 is 2.58 bits per heavy atom. The predicted molar refractivity (Wildman–Crippen MR) is 122 cm³/mol. The molecule has 2 aromatic heterocycles. The van der Waals surface area contributed by atoms with Crippen molar-refractivity contribution in [2.75, 3.05) is 11.1 Å². The molecule has 1 atom stereocenters. The summed E-state index contributed by atoms with van der Waals surface area (Å²) in [6, 6.07) is 24.4. The van der Waals surface area contributed by atoms with Gasteiger partial charge in [-0.15, -0.1) is 0 Å². The lowest BCUT2D eigenvalue weighted by Gasteiger charge is -2.18. The van der Waals surface area contributed by atoms with Gasteiger partial charge in [0.05, 0.1) is 16.8 Å². The highest BCUT2D eigenvalue weighted by Gasteiger charge is 2.14. The minimum atomic E-state index is 0.0250.